The Kier molecular flexibility index (Phi) is 3.09. The molecule has 0 aliphatic carbocycles. The standard InChI is InChI=1S/C12H11NO4/c1-16-10-4-2-3-8(5-10)12-9(6-11(14)15)7-17-13-12/h2-5,7H,6H2,1H3,(H,14,15). The number of carboxylic acid groups (broad SMARTS) is 1. The number of methoxy groups -OCH3 is 1. The van der Waals surface area contributed by atoms with Crippen LogP contribution in [0.2, 0.25) is 0 Å². The highest BCUT2D eigenvalue weighted by Gasteiger charge is 2.13. The molecule has 0 spiro atoms. The molecule has 2 aromatic rings. The van der Waals surface area contributed by atoms with Crippen LogP contribution in [0.15, 0.2) is 35.1 Å². The first-order valence-corrected chi connectivity index (χ1v) is 5.00. The number of ether oxygens (including phenoxy) is 1. The average molecular weight is 233 g/mol. The van der Waals surface area contributed by atoms with Gasteiger partial charge in [-0.25, -0.2) is 0 Å². The van der Waals surface area contributed by atoms with E-state index in [0.29, 0.717) is 17.0 Å². The molecule has 0 aliphatic heterocycles. The number of hydrogen-bond acceptors (Lipinski definition) is 4. The van der Waals surface area contributed by atoms with E-state index in [-0.39, 0.29) is 6.42 Å². The number of carbonyl (C=O) groups is 1. The zero-order valence-corrected chi connectivity index (χ0v) is 9.21. The van der Waals surface area contributed by atoms with E-state index in [2.05, 4.69) is 5.16 Å². The van der Waals surface area contributed by atoms with Crippen LogP contribution in [0, 0.1) is 0 Å². The smallest absolute Gasteiger partial charge is 0.308 e. The van der Waals surface area contributed by atoms with E-state index >= 15 is 0 Å². The van der Waals surface area contributed by atoms with Crippen LogP contribution in [0.4, 0.5) is 0 Å². The Morgan fingerprint density at radius 1 is 1.53 bits per heavy atom. The van der Waals surface area contributed by atoms with Crippen molar-refractivity contribution in [1.82, 2.24) is 5.16 Å². The van der Waals surface area contributed by atoms with Crippen LogP contribution in [0.3, 0.4) is 0 Å². The molecule has 1 N–H and O–H groups in total. The Morgan fingerprint density at radius 2 is 2.35 bits per heavy atom. The van der Waals surface area contributed by atoms with Gasteiger partial charge in [0.1, 0.15) is 17.7 Å². The molecule has 0 saturated carbocycles. The number of hydrogen-bond donors (Lipinski definition) is 1. The molecule has 1 aromatic heterocycles. The first-order chi connectivity index (χ1) is 8.20. The van der Waals surface area contributed by atoms with E-state index in [0.717, 1.165) is 5.56 Å². The highest BCUT2D eigenvalue weighted by Crippen LogP contribution is 2.25. The van der Waals surface area contributed by atoms with Crippen LogP contribution < -0.4 is 4.74 Å². The van der Waals surface area contributed by atoms with Crippen LogP contribution in [0.1, 0.15) is 5.56 Å². The number of aliphatic carboxylic acids is 1. The maximum atomic E-state index is 10.7. The predicted octanol–water partition coefficient (Wildman–Crippen LogP) is 1.98. The van der Waals surface area contributed by atoms with Gasteiger partial charge in [-0.1, -0.05) is 17.3 Å². The third kappa shape index (κ3) is 2.44. The number of rotatable bonds is 4. The van der Waals surface area contributed by atoms with Crippen molar-refractivity contribution in [3.8, 4) is 17.0 Å². The summed E-state index contributed by atoms with van der Waals surface area (Å²) in [6, 6.07) is 7.22. The van der Waals surface area contributed by atoms with Gasteiger partial charge < -0.3 is 14.4 Å². The van der Waals surface area contributed by atoms with Crippen LogP contribution in [0.25, 0.3) is 11.3 Å². The lowest BCUT2D eigenvalue weighted by Gasteiger charge is -2.02. The third-order valence-corrected chi connectivity index (χ3v) is 2.33. The second kappa shape index (κ2) is 4.69. The Hall–Kier alpha value is -2.30. The van der Waals surface area contributed by atoms with Crippen LogP contribution >= 0.6 is 0 Å². The highest BCUT2D eigenvalue weighted by atomic mass is 16.5. The maximum Gasteiger partial charge on any atom is 0.308 e. The molecule has 0 fully saturated rings. The summed E-state index contributed by atoms with van der Waals surface area (Å²) < 4.78 is 9.92. The van der Waals surface area contributed by atoms with Gasteiger partial charge in [-0.15, -0.1) is 0 Å². The van der Waals surface area contributed by atoms with E-state index in [1.54, 1.807) is 19.2 Å². The number of benzene rings is 1. The molecular weight excluding hydrogens is 222 g/mol. The van der Waals surface area contributed by atoms with Gasteiger partial charge in [0, 0.05) is 11.1 Å². The fourth-order valence-corrected chi connectivity index (χ4v) is 1.55. The molecule has 0 bridgehead atoms. The lowest BCUT2D eigenvalue weighted by Crippen LogP contribution is -2.00. The van der Waals surface area contributed by atoms with Crippen LogP contribution in [-0.2, 0) is 11.2 Å². The van der Waals surface area contributed by atoms with Crippen molar-refractivity contribution in [1.29, 1.82) is 0 Å². The average Bonchev–Trinajstić information content (AvgIpc) is 2.76. The van der Waals surface area contributed by atoms with E-state index < -0.39 is 5.97 Å². The molecule has 5 nitrogen and oxygen atoms in total. The summed E-state index contributed by atoms with van der Waals surface area (Å²) in [5, 5.41) is 12.6. The van der Waals surface area contributed by atoms with Crippen LogP contribution in [-0.4, -0.2) is 23.3 Å². The fourth-order valence-electron chi connectivity index (χ4n) is 1.55. The van der Waals surface area contributed by atoms with E-state index in [4.69, 9.17) is 14.4 Å². The fraction of sp³-hybridized carbons (Fsp3) is 0.167. The highest BCUT2D eigenvalue weighted by molar-refractivity contribution is 5.74. The van der Waals surface area contributed by atoms with Gasteiger partial charge in [0.25, 0.3) is 0 Å². The van der Waals surface area contributed by atoms with Gasteiger partial charge in [-0.2, -0.15) is 0 Å². The molecule has 5 heteroatoms. The second-order valence-corrected chi connectivity index (χ2v) is 3.49. The quantitative estimate of drug-likeness (QED) is 0.874. The summed E-state index contributed by atoms with van der Waals surface area (Å²) in [5.41, 5.74) is 1.85. The maximum absolute atomic E-state index is 10.7. The van der Waals surface area contributed by atoms with E-state index in [9.17, 15) is 4.79 Å². The zero-order chi connectivity index (χ0) is 12.3. The molecule has 0 amide bonds. The topological polar surface area (TPSA) is 72.6 Å². The van der Waals surface area contributed by atoms with Crippen molar-refractivity contribution in [3.05, 3.63) is 36.1 Å². The molecule has 2 rings (SSSR count). The van der Waals surface area contributed by atoms with Crippen LogP contribution in [0.5, 0.6) is 5.75 Å². The molecule has 0 aliphatic rings. The van der Waals surface area contributed by atoms with Crippen molar-refractivity contribution in [2.24, 2.45) is 0 Å². The Labute approximate surface area is 97.6 Å². The Morgan fingerprint density at radius 3 is 3.06 bits per heavy atom. The van der Waals surface area contributed by atoms with Gasteiger partial charge in [0.15, 0.2) is 0 Å². The molecule has 0 unspecified atom stereocenters. The van der Waals surface area contributed by atoms with Gasteiger partial charge in [-0.3, -0.25) is 4.79 Å². The SMILES string of the molecule is COc1cccc(-c2nocc2CC(=O)O)c1. The monoisotopic (exact) mass is 233 g/mol. The lowest BCUT2D eigenvalue weighted by molar-refractivity contribution is -0.136. The molecule has 0 atom stereocenters. The Balaban J connectivity index is 2.38. The number of aromatic nitrogens is 1. The van der Waals surface area contributed by atoms with Crippen molar-refractivity contribution in [3.63, 3.8) is 0 Å². The summed E-state index contributed by atoms with van der Waals surface area (Å²) in [4.78, 5) is 10.7. The van der Waals surface area contributed by atoms with Gasteiger partial charge in [0.05, 0.1) is 13.5 Å². The number of carboxylic acids is 1. The third-order valence-electron chi connectivity index (χ3n) is 2.33. The largest absolute Gasteiger partial charge is 0.497 e. The Bertz CT molecular complexity index is 533. The minimum absolute atomic E-state index is 0.115. The van der Waals surface area contributed by atoms with Crippen molar-refractivity contribution in [2.45, 2.75) is 6.42 Å². The van der Waals surface area contributed by atoms with Gasteiger partial charge in [-0.05, 0) is 12.1 Å². The van der Waals surface area contributed by atoms with Gasteiger partial charge >= 0.3 is 5.97 Å². The summed E-state index contributed by atoms with van der Waals surface area (Å²) in [5.74, 6) is -0.232. The zero-order valence-electron chi connectivity index (χ0n) is 9.21. The van der Waals surface area contributed by atoms with Crippen molar-refractivity contribution in [2.75, 3.05) is 7.11 Å². The second-order valence-electron chi connectivity index (χ2n) is 3.49. The minimum atomic E-state index is -0.919. The normalized spacial score (nSPS) is 10.2. The summed E-state index contributed by atoms with van der Waals surface area (Å²) >= 11 is 0. The minimum Gasteiger partial charge on any atom is -0.497 e. The summed E-state index contributed by atoms with van der Waals surface area (Å²) in [6.45, 7) is 0. The number of nitrogens with zero attached hydrogens (tertiary/aromatic N) is 1. The molecule has 88 valence electrons. The molecule has 17 heavy (non-hydrogen) atoms. The summed E-state index contributed by atoms with van der Waals surface area (Å²) in [7, 11) is 1.57. The van der Waals surface area contributed by atoms with E-state index in [1.165, 1.54) is 6.26 Å². The van der Waals surface area contributed by atoms with Gasteiger partial charge in [0.2, 0.25) is 0 Å². The van der Waals surface area contributed by atoms with Crippen molar-refractivity contribution < 1.29 is 19.2 Å². The molecule has 1 heterocycles. The van der Waals surface area contributed by atoms with Crippen molar-refractivity contribution >= 4 is 5.97 Å². The molecule has 0 saturated heterocycles. The summed E-state index contributed by atoms with van der Waals surface area (Å²) in [6.07, 6.45) is 1.24. The molecular formula is C12H11NO4. The first-order valence-electron chi connectivity index (χ1n) is 5.00. The predicted molar refractivity (Wildman–Crippen MR) is 59.8 cm³/mol. The first kappa shape index (κ1) is 11.2. The molecule has 0 radical (unpaired) electrons. The molecule has 1 aromatic carbocycles. The lowest BCUT2D eigenvalue weighted by atomic mass is 10.1. The van der Waals surface area contributed by atoms with E-state index in [1.807, 2.05) is 12.1 Å².